The van der Waals surface area contributed by atoms with E-state index in [-0.39, 0.29) is 6.61 Å². The summed E-state index contributed by atoms with van der Waals surface area (Å²) in [7, 11) is 0. The van der Waals surface area contributed by atoms with Crippen LogP contribution in [0.2, 0.25) is 0 Å². The van der Waals surface area contributed by atoms with Gasteiger partial charge in [-0.05, 0) is 6.92 Å². The Morgan fingerprint density at radius 3 is 2.56 bits per heavy atom. The van der Waals surface area contributed by atoms with Crippen LogP contribution in [0.3, 0.4) is 0 Å². The second-order valence-corrected chi connectivity index (χ2v) is 2.75. The lowest BCUT2D eigenvalue weighted by Gasteiger charge is -2.10. The van der Waals surface area contributed by atoms with E-state index in [2.05, 4.69) is 10.2 Å². The molecule has 1 N–H and O–H groups in total. The van der Waals surface area contributed by atoms with Gasteiger partial charge in [-0.2, -0.15) is 13.2 Å². The van der Waals surface area contributed by atoms with E-state index in [1.54, 1.807) is 0 Å². The Balaban J connectivity index is 3.08. The monoisotopic (exact) mass is 239 g/mol. The normalized spacial score (nSPS) is 11.5. The number of hydrogen-bond acceptors (Lipinski definition) is 4. The fourth-order valence-electron chi connectivity index (χ4n) is 1.00. The van der Waals surface area contributed by atoms with E-state index in [4.69, 9.17) is 9.84 Å². The Kier molecular flexibility index (Phi) is 3.35. The van der Waals surface area contributed by atoms with E-state index >= 15 is 0 Å². The van der Waals surface area contributed by atoms with Crippen molar-refractivity contribution in [2.45, 2.75) is 19.6 Å². The molecule has 0 atom stereocenters. The van der Waals surface area contributed by atoms with Crippen molar-refractivity contribution in [1.82, 2.24) is 14.8 Å². The van der Waals surface area contributed by atoms with Gasteiger partial charge in [0.25, 0.3) is 0 Å². The van der Waals surface area contributed by atoms with Gasteiger partial charge in [0, 0.05) is 0 Å². The van der Waals surface area contributed by atoms with Crippen LogP contribution in [0.4, 0.5) is 13.2 Å². The summed E-state index contributed by atoms with van der Waals surface area (Å²) in [6, 6.07) is -0.461. The van der Waals surface area contributed by atoms with Gasteiger partial charge in [0.1, 0.15) is 6.54 Å². The van der Waals surface area contributed by atoms with Gasteiger partial charge in [-0.1, -0.05) is 5.10 Å². The molecule has 0 saturated heterocycles. The summed E-state index contributed by atoms with van der Waals surface area (Å²) in [5, 5.41) is 14.9. The minimum Gasteiger partial charge on any atom is -0.475 e. The summed E-state index contributed by atoms with van der Waals surface area (Å²) < 4.78 is 41.6. The zero-order valence-electron chi connectivity index (χ0n) is 8.15. The van der Waals surface area contributed by atoms with E-state index in [9.17, 15) is 18.0 Å². The van der Waals surface area contributed by atoms with Gasteiger partial charge in [0.2, 0.25) is 5.82 Å². The highest BCUT2D eigenvalue weighted by atomic mass is 19.4. The molecule has 0 saturated carbocycles. The molecule has 0 aliphatic rings. The summed E-state index contributed by atoms with van der Waals surface area (Å²) in [6.07, 6.45) is -4.57. The van der Waals surface area contributed by atoms with Gasteiger partial charge in [0.15, 0.2) is 0 Å². The maximum Gasteiger partial charge on any atom is 0.406 e. The fourth-order valence-corrected chi connectivity index (χ4v) is 1.00. The number of hydrogen-bond donors (Lipinski definition) is 1. The van der Waals surface area contributed by atoms with Crippen molar-refractivity contribution >= 4 is 5.97 Å². The highest BCUT2D eigenvalue weighted by molar-refractivity contribution is 5.83. The number of carbonyl (C=O) groups is 1. The summed E-state index contributed by atoms with van der Waals surface area (Å²) in [5.74, 6) is -2.40. The molecule has 1 aromatic heterocycles. The number of alkyl halides is 3. The molecule has 0 aromatic carbocycles. The number of ether oxygens (including phenoxy) is 1. The van der Waals surface area contributed by atoms with Crippen LogP contribution in [0.25, 0.3) is 0 Å². The van der Waals surface area contributed by atoms with Crippen LogP contribution in [0.15, 0.2) is 0 Å². The van der Waals surface area contributed by atoms with Gasteiger partial charge >= 0.3 is 18.2 Å². The van der Waals surface area contributed by atoms with E-state index in [0.29, 0.717) is 4.57 Å². The molecule has 0 aliphatic carbocycles. The number of carboxylic acids is 1. The minimum atomic E-state index is -4.57. The van der Waals surface area contributed by atoms with Crippen molar-refractivity contribution in [2.24, 2.45) is 0 Å². The predicted molar refractivity (Wildman–Crippen MR) is 44.2 cm³/mol. The van der Waals surface area contributed by atoms with Crippen LogP contribution in [0.5, 0.6) is 6.01 Å². The van der Waals surface area contributed by atoms with Crippen molar-refractivity contribution in [3.8, 4) is 6.01 Å². The highest BCUT2D eigenvalue weighted by Gasteiger charge is 2.33. The zero-order valence-corrected chi connectivity index (χ0v) is 8.15. The Morgan fingerprint density at radius 2 is 2.12 bits per heavy atom. The van der Waals surface area contributed by atoms with Crippen LogP contribution in [-0.2, 0) is 6.54 Å². The maximum absolute atomic E-state index is 12.2. The van der Waals surface area contributed by atoms with E-state index < -0.39 is 30.5 Å². The molecule has 0 aliphatic heterocycles. The standard InChI is InChI=1S/C7H8F3N3O3/c1-2-16-6-12-11-4(5(14)15)13(6)3-7(8,9)10/h2-3H2,1H3,(H,14,15). The number of aromatic carboxylic acids is 1. The number of halogens is 3. The number of rotatable bonds is 4. The van der Waals surface area contributed by atoms with Gasteiger partial charge < -0.3 is 9.84 Å². The highest BCUT2D eigenvalue weighted by Crippen LogP contribution is 2.22. The summed E-state index contributed by atoms with van der Waals surface area (Å²) in [5.41, 5.74) is 0. The fraction of sp³-hybridized carbons (Fsp3) is 0.571. The Bertz CT molecular complexity index is 388. The SMILES string of the molecule is CCOc1nnc(C(=O)O)n1CC(F)(F)F. The molecule has 1 aromatic rings. The van der Waals surface area contributed by atoms with Crippen LogP contribution in [0.1, 0.15) is 17.5 Å². The predicted octanol–water partition coefficient (Wildman–Crippen LogP) is 0.937. The molecule has 6 nitrogen and oxygen atoms in total. The minimum absolute atomic E-state index is 0.0651. The zero-order chi connectivity index (χ0) is 12.3. The Hall–Kier alpha value is -1.80. The van der Waals surface area contributed by atoms with Crippen molar-refractivity contribution in [3.63, 3.8) is 0 Å². The molecular formula is C7H8F3N3O3. The largest absolute Gasteiger partial charge is 0.475 e. The van der Waals surface area contributed by atoms with Crippen molar-refractivity contribution in [1.29, 1.82) is 0 Å². The maximum atomic E-state index is 12.2. The first-order chi connectivity index (χ1) is 7.35. The second-order valence-electron chi connectivity index (χ2n) is 2.75. The van der Waals surface area contributed by atoms with E-state index in [0.717, 1.165) is 0 Å². The molecule has 0 bridgehead atoms. The summed E-state index contributed by atoms with van der Waals surface area (Å²) in [6.45, 7) is 0.0969. The molecule has 1 rings (SSSR count). The summed E-state index contributed by atoms with van der Waals surface area (Å²) in [4.78, 5) is 10.6. The molecule has 0 spiro atoms. The molecule has 90 valence electrons. The third kappa shape index (κ3) is 2.84. The third-order valence-electron chi connectivity index (χ3n) is 1.52. The van der Waals surface area contributed by atoms with Gasteiger partial charge in [-0.15, -0.1) is 5.10 Å². The van der Waals surface area contributed by atoms with Gasteiger partial charge in [-0.3, -0.25) is 4.57 Å². The average molecular weight is 239 g/mol. The lowest BCUT2D eigenvalue weighted by Crippen LogP contribution is -2.22. The molecule has 1 heterocycles. The number of aromatic nitrogens is 3. The van der Waals surface area contributed by atoms with Crippen LogP contribution >= 0.6 is 0 Å². The van der Waals surface area contributed by atoms with Gasteiger partial charge in [0.05, 0.1) is 6.61 Å². The third-order valence-corrected chi connectivity index (χ3v) is 1.52. The number of carboxylic acid groups (broad SMARTS) is 1. The first-order valence-electron chi connectivity index (χ1n) is 4.21. The topological polar surface area (TPSA) is 77.2 Å². The second kappa shape index (κ2) is 4.37. The van der Waals surface area contributed by atoms with E-state index in [1.165, 1.54) is 6.92 Å². The molecule has 0 unspecified atom stereocenters. The van der Waals surface area contributed by atoms with Crippen molar-refractivity contribution < 1.29 is 27.8 Å². The van der Waals surface area contributed by atoms with Crippen LogP contribution in [0, 0.1) is 0 Å². The Morgan fingerprint density at radius 1 is 1.50 bits per heavy atom. The first-order valence-corrected chi connectivity index (χ1v) is 4.21. The van der Waals surface area contributed by atoms with Gasteiger partial charge in [-0.25, -0.2) is 4.79 Å². The molecule has 0 fully saturated rings. The molecular weight excluding hydrogens is 231 g/mol. The van der Waals surface area contributed by atoms with Crippen molar-refractivity contribution in [3.05, 3.63) is 5.82 Å². The molecule has 9 heteroatoms. The average Bonchev–Trinajstić information content (AvgIpc) is 2.47. The quantitative estimate of drug-likeness (QED) is 0.845. The van der Waals surface area contributed by atoms with E-state index in [1.807, 2.05) is 0 Å². The number of nitrogens with zero attached hydrogens (tertiary/aromatic N) is 3. The molecule has 16 heavy (non-hydrogen) atoms. The molecule has 0 radical (unpaired) electrons. The summed E-state index contributed by atoms with van der Waals surface area (Å²) >= 11 is 0. The van der Waals surface area contributed by atoms with Crippen LogP contribution in [-0.4, -0.2) is 38.6 Å². The van der Waals surface area contributed by atoms with Crippen LogP contribution < -0.4 is 4.74 Å². The molecule has 0 amide bonds. The lowest BCUT2D eigenvalue weighted by molar-refractivity contribution is -0.141. The first kappa shape index (κ1) is 12.3. The smallest absolute Gasteiger partial charge is 0.406 e. The lowest BCUT2D eigenvalue weighted by atomic mass is 10.5. The Labute approximate surface area is 87.6 Å². The van der Waals surface area contributed by atoms with Crippen molar-refractivity contribution in [2.75, 3.05) is 6.61 Å².